The van der Waals surface area contributed by atoms with Crippen LogP contribution in [0.2, 0.25) is 0 Å². The van der Waals surface area contributed by atoms with Crippen LogP contribution in [0.1, 0.15) is 11.5 Å². The van der Waals surface area contributed by atoms with E-state index in [4.69, 9.17) is 15.2 Å². The summed E-state index contributed by atoms with van der Waals surface area (Å²) in [5.41, 5.74) is 4.54. The summed E-state index contributed by atoms with van der Waals surface area (Å²) in [6.07, 6.45) is 1.99. The van der Waals surface area contributed by atoms with Crippen molar-refractivity contribution in [2.75, 3.05) is 19.5 Å². The van der Waals surface area contributed by atoms with Crippen molar-refractivity contribution in [3.8, 4) is 12.1 Å². The highest BCUT2D eigenvalue weighted by Crippen LogP contribution is 2.82. The molecule has 0 bridgehead atoms. The van der Waals surface area contributed by atoms with E-state index in [1.807, 2.05) is 30.5 Å². The van der Waals surface area contributed by atoms with Crippen LogP contribution in [-0.2, 0) is 9.47 Å². The van der Waals surface area contributed by atoms with Crippen molar-refractivity contribution in [2.24, 2.45) is 21.6 Å². The minimum atomic E-state index is -1.45. The normalized spacial score (nSPS) is 36.1. The van der Waals surface area contributed by atoms with Gasteiger partial charge in [-0.2, -0.15) is 10.5 Å². The Kier molecular flexibility index (Phi) is 2.83. The number of nitrogens with two attached hydrogens (primary N) is 1. The maximum atomic E-state index is 9.95. The molecule has 2 N–H and O–H groups in total. The first-order valence-electron chi connectivity index (χ1n) is 7.22. The van der Waals surface area contributed by atoms with Gasteiger partial charge in [0.15, 0.2) is 5.41 Å². The smallest absolute Gasteiger partial charge is 0.293 e. The zero-order chi connectivity index (χ0) is 16.3. The fraction of sp³-hybridized carbons (Fsp3) is 0.438. The van der Waals surface area contributed by atoms with Crippen LogP contribution in [-0.4, -0.2) is 31.2 Å². The Labute approximate surface area is 137 Å². The van der Waals surface area contributed by atoms with E-state index < -0.39 is 22.7 Å². The molecular weight excluding hydrogens is 312 g/mol. The molecule has 116 valence electrons. The molecule has 7 heteroatoms. The van der Waals surface area contributed by atoms with Crippen LogP contribution in [0.5, 0.6) is 0 Å². The molecule has 0 radical (unpaired) electrons. The van der Waals surface area contributed by atoms with Gasteiger partial charge >= 0.3 is 0 Å². The Balaban J connectivity index is 1.87. The molecule has 1 aliphatic carbocycles. The van der Waals surface area contributed by atoms with Crippen molar-refractivity contribution in [2.45, 2.75) is 16.7 Å². The van der Waals surface area contributed by atoms with Gasteiger partial charge in [-0.05, 0) is 24.0 Å². The highest BCUT2D eigenvalue weighted by atomic mass is 32.2. The lowest BCUT2D eigenvalue weighted by atomic mass is 9.94. The highest BCUT2D eigenvalue weighted by Gasteiger charge is 2.94. The van der Waals surface area contributed by atoms with Crippen LogP contribution >= 0.6 is 11.8 Å². The van der Waals surface area contributed by atoms with Crippen LogP contribution in [0, 0.1) is 33.5 Å². The number of amidine groups is 1. The number of rotatable bonds is 2. The second-order valence-electron chi connectivity index (χ2n) is 5.82. The van der Waals surface area contributed by atoms with Gasteiger partial charge in [0.1, 0.15) is 11.3 Å². The quantitative estimate of drug-likeness (QED) is 0.828. The molecule has 1 saturated heterocycles. The summed E-state index contributed by atoms with van der Waals surface area (Å²) in [7, 11) is 0. The van der Waals surface area contributed by atoms with Crippen molar-refractivity contribution in [1.82, 2.24) is 0 Å². The Bertz CT molecular complexity index is 788. The van der Waals surface area contributed by atoms with Gasteiger partial charge < -0.3 is 15.2 Å². The fourth-order valence-electron chi connectivity index (χ4n) is 4.01. The van der Waals surface area contributed by atoms with Crippen molar-refractivity contribution < 1.29 is 9.47 Å². The van der Waals surface area contributed by atoms with Gasteiger partial charge in [0, 0.05) is 10.8 Å². The first-order chi connectivity index (χ1) is 11.1. The van der Waals surface area contributed by atoms with E-state index in [1.54, 1.807) is 11.8 Å². The van der Waals surface area contributed by atoms with Crippen molar-refractivity contribution >= 4 is 17.6 Å². The maximum absolute atomic E-state index is 9.95. The summed E-state index contributed by atoms with van der Waals surface area (Å²) in [5.74, 6) is -1.73. The van der Waals surface area contributed by atoms with Gasteiger partial charge in [-0.25, -0.2) is 4.99 Å². The number of ether oxygens (including phenoxy) is 2. The molecule has 2 heterocycles. The van der Waals surface area contributed by atoms with Crippen LogP contribution in [0.4, 0.5) is 0 Å². The Morgan fingerprint density at radius 3 is 2.39 bits per heavy atom. The molecule has 3 aliphatic rings. The molecule has 1 aromatic carbocycles. The zero-order valence-electron chi connectivity index (χ0n) is 12.4. The van der Waals surface area contributed by atoms with E-state index in [0.29, 0.717) is 13.2 Å². The van der Waals surface area contributed by atoms with Crippen molar-refractivity contribution in [1.29, 1.82) is 10.5 Å². The average Bonchev–Trinajstić information content (AvgIpc) is 2.83. The number of thioether (sulfide) groups is 1. The van der Waals surface area contributed by atoms with Crippen molar-refractivity contribution in [3.05, 3.63) is 29.8 Å². The average molecular weight is 326 g/mol. The molecule has 3 atom stereocenters. The number of benzene rings is 1. The Hall–Kier alpha value is -2.06. The molecule has 6 nitrogen and oxygen atoms in total. The molecule has 23 heavy (non-hydrogen) atoms. The molecule has 0 aromatic heterocycles. The number of hydrogen-bond acceptors (Lipinski definition) is 7. The molecule has 0 amide bonds. The first-order valence-corrected chi connectivity index (χ1v) is 8.44. The highest BCUT2D eigenvalue weighted by molar-refractivity contribution is 7.98. The standard InChI is InChI=1S/C16H14N4O2S/c1-23-11-4-2-10(3-5-11)12-14(8-17)13(19)20-16(15(12,14)9-18)21-6-7-22-16/h2-5,12H,6-7H2,1H3,(H2,19,20)/t12-,14+,15+/m1/s1. The number of nitriles is 2. The maximum Gasteiger partial charge on any atom is 0.293 e. The molecule has 2 aliphatic heterocycles. The number of hydrogen-bond donors (Lipinski definition) is 1. The number of nitrogens with zero attached hydrogens (tertiary/aromatic N) is 3. The van der Waals surface area contributed by atoms with Gasteiger partial charge in [0.2, 0.25) is 0 Å². The van der Waals surface area contributed by atoms with Crippen LogP contribution in [0.3, 0.4) is 0 Å². The predicted octanol–water partition coefficient (Wildman–Crippen LogP) is 1.60. The third-order valence-electron chi connectivity index (χ3n) is 5.06. The first kappa shape index (κ1) is 14.5. The Morgan fingerprint density at radius 1 is 1.22 bits per heavy atom. The lowest BCUT2D eigenvalue weighted by Crippen LogP contribution is -2.38. The topological polar surface area (TPSA) is 104 Å². The predicted molar refractivity (Wildman–Crippen MR) is 83.3 cm³/mol. The molecular formula is C16H14N4O2S. The summed E-state index contributed by atoms with van der Waals surface area (Å²) >= 11 is 1.63. The van der Waals surface area contributed by atoms with E-state index in [-0.39, 0.29) is 5.84 Å². The monoisotopic (exact) mass is 326 g/mol. The van der Waals surface area contributed by atoms with E-state index in [2.05, 4.69) is 17.1 Å². The largest absolute Gasteiger partial charge is 0.386 e. The van der Waals surface area contributed by atoms with E-state index in [0.717, 1.165) is 10.5 Å². The third-order valence-corrected chi connectivity index (χ3v) is 5.80. The van der Waals surface area contributed by atoms with E-state index in [1.165, 1.54) is 0 Å². The molecule has 1 aromatic rings. The third kappa shape index (κ3) is 1.39. The van der Waals surface area contributed by atoms with Gasteiger partial charge in [-0.15, -0.1) is 11.8 Å². The molecule has 1 saturated carbocycles. The summed E-state index contributed by atoms with van der Waals surface area (Å²) in [6.45, 7) is 0.666. The van der Waals surface area contributed by atoms with Gasteiger partial charge in [0.25, 0.3) is 5.91 Å². The molecule has 1 spiro atoms. The lowest BCUT2D eigenvalue weighted by Gasteiger charge is -2.25. The summed E-state index contributed by atoms with van der Waals surface area (Å²) < 4.78 is 11.4. The zero-order valence-corrected chi connectivity index (χ0v) is 13.3. The summed E-state index contributed by atoms with van der Waals surface area (Å²) in [6, 6.07) is 12.3. The summed E-state index contributed by atoms with van der Waals surface area (Å²) in [4.78, 5) is 5.36. The SMILES string of the molecule is CSc1ccc([C@@H]2[C@@]3(C#N)C(N)=NC4(OCCO4)[C@@]23C#N)cc1. The van der Waals surface area contributed by atoms with Gasteiger partial charge in [-0.1, -0.05) is 12.1 Å². The molecule has 4 rings (SSSR count). The fourth-order valence-corrected chi connectivity index (χ4v) is 4.42. The van der Waals surface area contributed by atoms with Gasteiger partial charge in [0.05, 0.1) is 25.4 Å². The second-order valence-corrected chi connectivity index (χ2v) is 6.70. The van der Waals surface area contributed by atoms with Crippen LogP contribution in [0.15, 0.2) is 34.2 Å². The van der Waals surface area contributed by atoms with Gasteiger partial charge in [-0.3, -0.25) is 0 Å². The van der Waals surface area contributed by atoms with E-state index in [9.17, 15) is 10.5 Å². The molecule has 2 fully saturated rings. The second kappa shape index (κ2) is 4.48. The lowest BCUT2D eigenvalue weighted by molar-refractivity contribution is -0.184. The minimum absolute atomic E-state index is 0.127. The minimum Gasteiger partial charge on any atom is -0.386 e. The molecule has 0 unspecified atom stereocenters. The van der Waals surface area contributed by atoms with Crippen LogP contribution in [0.25, 0.3) is 0 Å². The number of fused-ring (bicyclic) bond motifs is 2. The van der Waals surface area contributed by atoms with Crippen LogP contribution < -0.4 is 5.73 Å². The van der Waals surface area contributed by atoms with E-state index >= 15 is 0 Å². The summed E-state index contributed by atoms with van der Waals surface area (Å²) in [5, 5.41) is 19.8. The number of aliphatic imine (C=N–C) groups is 1. The van der Waals surface area contributed by atoms with Crippen molar-refractivity contribution in [3.63, 3.8) is 0 Å². The Morgan fingerprint density at radius 2 is 1.87 bits per heavy atom.